The second-order valence-corrected chi connectivity index (χ2v) is 6.39. The fourth-order valence-electron chi connectivity index (χ4n) is 3.18. The zero-order chi connectivity index (χ0) is 18.2. The summed E-state index contributed by atoms with van der Waals surface area (Å²) in [4.78, 5) is 9.04. The monoisotopic (exact) mass is 478 g/mol. The molecule has 2 atom stereocenters. The quantitative estimate of drug-likeness (QED) is 0.388. The summed E-state index contributed by atoms with van der Waals surface area (Å²) in [6, 6.07) is 6.57. The van der Waals surface area contributed by atoms with Crippen LogP contribution in [0.25, 0.3) is 0 Å². The molecule has 1 aliphatic rings. The van der Waals surface area contributed by atoms with Crippen LogP contribution in [-0.4, -0.2) is 68.2 Å². The zero-order valence-corrected chi connectivity index (χ0v) is 18.6. The van der Waals surface area contributed by atoms with E-state index in [0.29, 0.717) is 6.54 Å². The Kier molecular flexibility index (Phi) is 10.4. The highest BCUT2D eigenvalue weighted by Gasteiger charge is 2.28. The van der Waals surface area contributed by atoms with E-state index in [1.54, 1.807) is 12.1 Å². The van der Waals surface area contributed by atoms with E-state index >= 15 is 0 Å². The van der Waals surface area contributed by atoms with Gasteiger partial charge >= 0.3 is 0 Å². The van der Waals surface area contributed by atoms with Crippen molar-refractivity contribution in [1.29, 1.82) is 0 Å². The SMILES string of the molecule is CCN(CC)CCNC(=NC)N1CC(C)OC(c2ccc(F)cc2)C1.I. The van der Waals surface area contributed by atoms with Crippen LogP contribution in [0.2, 0.25) is 0 Å². The van der Waals surface area contributed by atoms with Crippen molar-refractivity contribution >= 4 is 29.9 Å². The molecule has 1 aromatic carbocycles. The molecule has 0 radical (unpaired) electrons. The van der Waals surface area contributed by atoms with E-state index in [2.05, 4.69) is 40.9 Å². The number of likely N-dealkylation sites (N-methyl/N-ethyl adjacent to an activating group) is 1. The number of nitrogens with zero attached hydrogens (tertiary/aromatic N) is 3. The molecule has 1 fully saturated rings. The van der Waals surface area contributed by atoms with E-state index < -0.39 is 0 Å². The predicted molar refractivity (Wildman–Crippen MR) is 116 cm³/mol. The lowest BCUT2D eigenvalue weighted by Crippen LogP contribution is -2.51. The average Bonchev–Trinajstić information content (AvgIpc) is 2.62. The number of rotatable bonds is 6. The van der Waals surface area contributed by atoms with Gasteiger partial charge in [-0.1, -0.05) is 26.0 Å². The number of aliphatic imine (C=N–C) groups is 1. The molecule has 1 aromatic rings. The van der Waals surface area contributed by atoms with Crippen LogP contribution in [0.5, 0.6) is 0 Å². The lowest BCUT2D eigenvalue weighted by Gasteiger charge is -2.39. The lowest BCUT2D eigenvalue weighted by molar-refractivity contribution is -0.0605. The molecule has 2 unspecified atom stereocenters. The Morgan fingerprint density at radius 2 is 1.92 bits per heavy atom. The molecule has 0 amide bonds. The minimum absolute atomic E-state index is 0. The van der Waals surface area contributed by atoms with Gasteiger partial charge in [0, 0.05) is 26.7 Å². The Morgan fingerprint density at radius 3 is 2.50 bits per heavy atom. The summed E-state index contributed by atoms with van der Waals surface area (Å²) in [6.45, 7) is 11.9. The van der Waals surface area contributed by atoms with Crippen LogP contribution in [0.15, 0.2) is 29.3 Å². The van der Waals surface area contributed by atoms with Gasteiger partial charge in [-0.25, -0.2) is 4.39 Å². The Bertz CT molecular complexity index is 551. The topological polar surface area (TPSA) is 40.1 Å². The van der Waals surface area contributed by atoms with Crippen molar-refractivity contribution in [2.45, 2.75) is 33.0 Å². The van der Waals surface area contributed by atoms with Crippen LogP contribution >= 0.6 is 24.0 Å². The first-order valence-electron chi connectivity index (χ1n) is 9.16. The Morgan fingerprint density at radius 1 is 1.27 bits per heavy atom. The predicted octanol–water partition coefficient (Wildman–Crippen LogP) is 3.12. The van der Waals surface area contributed by atoms with E-state index in [-0.39, 0.29) is 42.0 Å². The molecule has 2 rings (SSSR count). The van der Waals surface area contributed by atoms with Crippen molar-refractivity contribution in [3.63, 3.8) is 0 Å². The average molecular weight is 478 g/mol. The Balaban J connectivity index is 0.00000338. The number of morpholine rings is 1. The minimum Gasteiger partial charge on any atom is -0.367 e. The van der Waals surface area contributed by atoms with Crippen molar-refractivity contribution in [1.82, 2.24) is 15.1 Å². The van der Waals surface area contributed by atoms with Gasteiger partial charge in [-0.05, 0) is 37.7 Å². The molecule has 5 nitrogen and oxygen atoms in total. The molecule has 1 heterocycles. The first-order valence-corrected chi connectivity index (χ1v) is 9.16. The van der Waals surface area contributed by atoms with Crippen molar-refractivity contribution in [3.05, 3.63) is 35.6 Å². The van der Waals surface area contributed by atoms with Crippen LogP contribution in [-0.2, 0) is 4.74 Å². The Hall–Kier alpha value is -0.930. The highest BCUT2D eigenvalue weighted by molar-refractivity contribution is 14.0. The van der Waals surface area contributed by atoms with Crippen molar-refractivity contribution < 1.29 is 9.13 Å². The van der Waals surface area contributed by atoms with Gasteiger partial charge in [-0.3, -0.25) is 4.99 Å². The summed E-state index contributed by atoms with van der Waals surface area (Å²) in [6.07, 6.45) is 0.0100. The van der Waals surface area contributed by atoms with Crippen molar-refractivity contribution in [2.24, 2.45) is 4.99 Å². The molecule has 0 bridgehead atoms. The molecule has 26 heavy (non-hydrogen) atoms. The number of ether oxygens (including phenoxy) is 1. The normalized spacial score (nSPS) is 20.8. The van der Waals surface area contributed by atoms with Gasteiger partial charge in [-0.15, -0.1) is 24.0 Å². The van der Waals surface area contributed by atoms with E-state index in [0.717, 1.165) is 44.2 Å². The maximum Gasteiger partial charge on any atom is 0.193 e. The fourth-order valence-corrected chi connectivity index (χ4v) is 3.18. The van der Waals surface area contributed by atoms with E-state index in [4.69, 9.17) is 4.74 Å². The second kappa shape index (κ2) is 11.7. The number of halogens is 2. The molecule has 7 heteroatoms. The van der Waals surface area contributed by atoms with Gasteiger partial charge in [0.15, 0.2) is 5.96 Å². The first-order chi connectivity index (χ1) is 12.1. The third kappa shape index (κ3) is 6.66. The summed E-state index contributed by atoms with van der Waals surface area (Å²) in [5.41, 5.74) is 0.997. The smallest absolute Gasteiger partial charge is 0.193 e. The van der Waals surface area contributed by atoms with E-state index in [1.165, 1.54) is 12.1 Å². The van der Waals surface area contributed by atoms with Gasteiger partial charge in [0.05, 0.1) is 12.6 Å². The van der Waals surface area contributed by atoms with Crippen molar-refractivity contribution in [2.75, 3.05) is 46.3 Å². The van der Waals surface area contributed by atoms with E-state index in [1.807, 2.05) is 7.05 Å². The van der Waals surface area contributed by atoms with Gasteiger partial charge < -0.3 is 19.9 Å². The van der Waals surface area contributed by atoms with Crippen LogP contribution < -0.4 is 5.32 Å². The van der Waals surface area contributed by atoms with Crippen LogP contribution in [0.3, 0.4) is 0 Å². The lowest BCUT2D eigenvalue weighted by atomic mass is 10.1. The number of benzene rings is 1. The molecule has 0 aromatic heterocycles. The molecule has 0 saturated carbocycles. The molecule has 1 aliphatic heterocycles. The number of hydrogen-bond donors (Lipinski definition) is 1. The second-order valence-electron chi connectivity index (χ2n) is 6.39. The summed E-state index contributed by atoms with van der Waals surface area (Å²) < 4.78 is 19.2. The summed E-state index contributed by atoms with van der Waals surface area (Å²) >= 11 is 0. The molecule has 1 saturated heterocycles. The molecule has 1 N–H and O–H groups in total. The van der Waals surface area contributed by atoms with Crippen LogP contribution in [0, 0.1) is 5.82 Å². The van der Waals surface area contributed by atoms with Crippen molar-refractivity contribution in [3.8, 4) is 0 Å². The molecule has 148 valence electrons. The minimum atomic E-state index is -0.224. The first kappa shape index (κ1) is 23.1. The third-order valence-corrected chi connectivity index (χ3v) is 4.62. The van der Waals surface area contributed by atoms with Gasteiger partial charge in [0.1, 0.15) is 11.9 Å². The Labute approximate surface area is 174 Å². The maximum atomic E-state index is 13.2. The summed E-state index contributed by atoms with van der Waals surface area (Å²) in [5, 5.41) is 3.46. The van der Waals surface area contributed by atoms with E-state index in [9.17, 15) is 4.39 Å². The summed E-state index contributed by atoms with van der Waals surface area (Å²) in [5.74, 6) is 0.674. The van der Waals surface area contributed by atoms with Gasteiger partial charge in [-0.2, -0.15) is 0 Å². The van der Waals surface area contributed by atoms with Crippen LogP contribution in [0.4, 0.5) is 4.39 Å². The zero-order valence-electron chi connectivity index (χ0n) is 16.2. The number of nitrogens with one attached hydrogen (secondary N) is 1. The van der Waals surface area contributed by atoms with Gasteiger partial charge in [0.2, 0.25) is 0 Å². The van der Waals surface area contributed by atoms with Crippen LogP contribution in [0.1, 0.15) is 32.4 Å². The largest absolute Gasteiger partial charge is 0.367 e. The highest BCUT2D eigenvalue weighted by Crippen LogP contribution is 2.25. The summed E-state index contributed by atoms with van der Waals surface area (Å²) in [7, 11) is 1.81. The van der Waals surface area contributed by atoms with Gasteiger partial charge in [0.25, 0.3) is 0 Å². The third-order valence-electron chi connectivity index (χ3n) is 4.62. The standard InChI is InChI=1S/C19H31FN4O.HI/c1-5-23(6-2)12-11-22-19(21-4)24-13-15(3)25-18(14-24)16-7-9-17(20)10-8-16;/h7-10,15,18H,5-6,11-14H2,1-4H3,(H,21,22);1H. The molecular weight excluding hydrogens is 446 g/mol. The highest BCUT2D eigenvalue weighted by atomic mass is 127. The maximum absolute atomic E-state index is 13.2. The molecular formula is C19H32FIN4O. The fraction of sp³-hybridized carbons (Fsp3) is 0.632. The molecule has 0 aliphatic carbocycles. The number of guanidine groups is 1. The number of hydrogen-bond acceptors (Lipinski definition) is 3. The molecule has 0 spiro atoms.